The topological polar surface area (TPSA) is 42.0 Å². The summed E-state index contributed by atoms with van der Waals surface area (Å²) >= 11 is 5.85. The Morgan fingerprint density at radius 1 is 1.09 bits per heavy atom. The molecule has 1 amide bonds. The third-order valence-electron chi connectivity index (χ3n) is 6.68. The van der Waals surface area contributed by atoms with E-state index in [0.717, 1.165) is 50.8 Å². The molecule has 0 N–H and O–H groups in total. The molecule has 2 aliphatic heterocycles. The van der Waals surface area contributed by atoms with Crippen LogP contribution >= 0.6 is 11.6 Å². The van der Waals surface area contributed by atoms with Crippen LogP contribution in [0.15, 0.2) is 42.5 Å². The van der Waals surface area contributed by atoms with Crippen molar-refractivity contribution in [3.05, 3.63) is 64.4 Å². The van der Waals surface area contributed by atoms with Crippen molar-refractivity contribution >= 4 is 17.5 Å². The number of hydrogen-bond acceptors (Lipinski definition) is 4. The number of nitrogens with zero attached hydrogens (tertiary/aromatic N) is 2. The van der Waals surface area contributed by atoms with E-state index in [9.17, 15) is 9.18 Å². The number of hydrogen-bond donors (Lipinski definition) is 0. The fourth-order valence-corrected chi connectivity index (χ4v) is 5.07. The minimum absolute atomic E-state index is 0.0186. The number of halogens is 2. The molecule has 2 aromatic carbocycles. The zero-order valence-electron chi connectivity index (χ0n) is 19.1. The Bertz CT molecular complexity index is 957. The SMILES string of the molecule is CO[C@@H]1CCCN2C(=O)c3ccccc3OCCN(Cc3ccc(Cl)c(F)c3)CCCC[C@H]12. The molecule has 0 radical (unpaired) electrons. The smallest absolute Gasteiger partial charge is 0.257 e. The lowest BCUT2D eigenvalue weighted by Crippen LogP contribution is -2.51. The van der Waals surface area contributed by atoms with Crippen molar-refractivity contribution in [1.29, 1.82) is 0 Å². The van der Waals surface area contributed by atoms with E-state index in [4.69, 9.17) is 21.1 Å². The van der Waals surface area contributed by atoms with Crippen molar-refractivity contribution in [2.24, 2.45) is 0 Å². The summed E-state index contributed by atoms with van der Waals surface area (Å²) in [6, 6.07) is 12.5. The van der Waals surface area contributed by atoms with Crippen molar-refractivity contribution in [2.75, 3.05) is 33.4 Å². The van der Waals surface area contributed by atoms with Crippen LogP contribution in [-0.2, 0) is 11.3 Å². The summed E-state index contributed by atoms with van der Waals surface area (Å²) in [5, 5.41) is 0.137. The maximum absolute atomic E-state index is 13.9. The zero-order chi connectivity index (χ0) is 23.2. The molecule has 2 atom stereocenters. The Kier molecular flexibility index (Phi) is 8.23. The van der Waals surface area contributed by atoms with Crippen LogP contribution < -0.4 is 4.74 Å². The van der Waals surface area contributed by atoms with E-state index < -0.39 is 5.82 Å². The molecule has 0 spiro atoms. The number of piperidine rings is 1. The lowest BCUT2D eigenvalue weighted by molar-refractivity contribution is -0.0155. The highest BCUT2D eigenvalue weighted by Crippen LogP contribution is 2.29. The van der Waals surface area contributed by atoms with Crippen molar-refractivity contribution in [2.45, 2.75) is 50.8 Å². The Morgan fingerprint density at radius 2 is 1.94 bits per heavy atom. The van der Waals surface area contributed by atoms with Crippen LogP contribution in [0.1, 0.15) is 48.0 Å². The van der Waals surface area contributed by atoms with Gasteiger partial charge in [-0.1, -0.05) is 36.2 Å². The first-order valence-electron chi connectivity index (χ1n) is 11.8. The predicted octanol–water partition coefficient (Wildman–Crippen LogP) is 5.16. The molecule has 0 aromatic heterocycles. The minimum atomic E-state index is -0.397. The number of benzene rings is 2. The van der Waals surface area contributed by atoms with Crippen LogP contribution in [0, 0.1) is 5.82 Å². The van der Waals surface area contributed by atoms with Gasteiger partial charge in [-0.15, -0.1) is 0 Å². The molecule has 1 fully saturated rings. The molecule has 2 heterocycles. The Labute approximate surface area is 200 Å². The van der Waals surface area contributed by atoms with Gasteiger partial charge >= 0.3 is 0 Å². The second-order valence-corrected chi connectivity index (χ2v) is 9.25. The molecule has 0 bridgehead atoms. The van der Waals surface area contributed by atoms with Gasteiger partial charge in [-0.05, 0) is 62.1 Å². The van der Waals surface area contributed by atoms with Crippen LogP contribution in [-0.4, -0.2) is 61.2 Å². The van der Waals surface area contributed by atoms with E-state index in [2.05, 4.69) is 4.90 Å². The van der Waals surface area contributed by atoms with Crippen LogP contribution in [0.2, 0.25) is 5.02 Å². The maximum atomic E-state index is 13.9. The molecule has 2 aromatic rings. The first kappa shape index (κ1) is 24.0. The summed E-state index contributed by atoms with van der Waals surface area (Å²) in [5.41, 5.74) is 1.49. The van der Waals surface area contributed by atoms with Gasteiger partial charge in [0.05, 0.1) is 22.7 Å². The number of carbonyl (C=O) groups excluding carboxylic acids is 1. The second-order valence-electron chi connectivity index (χ2n) is 8.85. The molecule has 5 nitrogen and oxygen atoms in total. The van der Waals surface area contributed by atoms with E-state index in [0.29, 0.717) is 31.0 Å². The number of methoxy groups -OCH3 is 1. The van der Waals surface area contributed by atoms with E-state index in [1.807, 2.05) is 35.2 Å². The van der Waals surface area contributed by atoms with Gasteiger partial charge in [0.15, 0.2) is 0 Å². The number of ether oxygens (including phenoxy) is 2. The summed E-state index contributed by atoms with van der Waals surface area (Å²) < 4.78 is 25.8. The molecule has 2 aliphatic rings. The standard InChI is InChI=1S/C26H32ClFN2O3/c1-32-25-10-6-14-30-23(25)8-4-5-13-29(18-19-11-12-21(27)22(28)17-19)15-16-33-24-9-3-2-7-20(24)26(30)31/h2-3,7,9,11-12,17,23,25H,4-6,8,10,13-16,18H2,1H3/t23-,25-/m1/s1. The quantitative estimate of drug-likeness (QED) is 0.616. The summed E-state index contributed by atoms with van der Waals surface area (Å²) in [6.45, 7) is 3.36. The van der Waals surface area contributed by atoms with Crippen LogP contribution in [0.3, 0.4) is 0 Å². The molecular formula is C26H32ClFN2O3. The predicted molar refractivity (Wildman–Crippen MR) is 127 cm³/mol. The lowest BCUT2D eigenvalue weighted by atomic mass is 9.93. The number of amides is 1. The zero-order valence-corrected chi connectivity index (χ0v) is 19.9. The summed E-state index contributed by atoms with van der Waals surface area (Å²) in [5.74, 6) is 0.231. The molecule has 33 heavy (non-hydrogen) atoms. The fraction of sp³-hybridized carbons (Fsp3) is 0.500. The minimum Gasteiger partial charge on any atom is -0.491 e. The first-order valence-corrected chi connectivity index (χ1v) is 12.2. The average Bonchev–Trinajstić information content (AvgIpc) is 2.84. The fourth-order valence-electron chi connectivity index (χ4n) is 4.95. The molecule has 4 rings (SSSR count). The van der Waals surface area contributed by atoms with Gasteiger partial charge in [0, 0.05) is 26.7 Å². The first-order chi connectivity index (χ1) is 16.1. The monoisotopic (exact) mass is 474 g/mol. The average molecular weight is 475 g/mol. The van der Waals surface area contributed by atoms with Crippen LogP contribution in [0.4, 0.5) is 4.39 Å². The number of fused-ring (bicyclic) bond motifs is 2. The summed E-state index contributed by atoms with van der Waals surface area (Å²) in [6.07, 6.45) is 4.83. The Hall–Kier alpha value is -2.15. The van der Waals surface area contributed by atoms with Crippen molar-refractivity contribution in [3.8, 4) is 5.75 Å². The highest BCUT2D eigenvalue weighted by atomic mass is 35.5. The van der Waals surface area contributed by atoms with Crippen LogP contribution in [0.5, 0.6) is 5.75 Å². The number of para-hydroxylation sites is 1. The van der Waals surface area contributed by atoms with Gasteiger partial charge in [-0.2, -0.15) is 0 Å². The van der Waals surface area contributed by atoms with Crippen molar-refractivity contribution in [3.63, 3.8) is 0 Å². The normalized spacial score (nSPS) is 22.9. The van der Waals surface area contributed by atoms with Crippen LogP contribution in [0.25, 0.3) is 0 Å². The molecule has 0 unspecified atom stereocenters. The third-order valence-corrected chi connectivity index (χ3v) is 6.98. The lowest BCUT2D eigenvalue weighted by Gasteiger charge is -2.41. The van der Waals surface area contributed by atoms with Crippen molar-refractivity contribution < 1.29 is 18.7 Å². The largest absolute Gasteiger partial charge is 0.491 e. The van der Waals surface area contributed by atoms with Gasteiger partial charge < -0.3 is 14.4 Å². The van der Waals surface area contributed by atoms with E-state index in [-0.39, 0.29) is 23.1 Å². The summed E-state index contributed by atoms with van der Waals surface area (Å²) in [7, 11) is 1.74. The van der Waals surface area contributed by atoms with Gasteiger partial charge in [-0.25, -0.2) is 4.39 Å². The maximum Gasteiger partial charge on any atom is 0.257 e. The summed E-state index contributed by atoms with van der Waals surface area (Å²) in [4.78, 5) is 17.8. The highest BCUT2D eigenvalue weighted by Gasteiger charge is 2.35. The second kappa shape index (κ2) is 11.3. The molecule has 178 valence electrons. The highest BCUT2D eigenvalue weighted by molar-refractivity contribution is 6.30. The van der Waals surface area contributed by atoms with Gasteiger partial charge in [0.1, 0.15) is 18.2 Å². The number of rotatable bonds is 3. The van der Waals surface area contributed by atoms with E-state index >= 15 is 0 Å². The molecular weight excluding hydrogens is 443 g/mol. The molecule has 0 saturated carbocycles. The Morgan fingerprint density at radius 3 is 2.76 bits per heavy atom. The van der Waals surface area contributed by atoms with E-state index in [1.54, 1.807) is 13.2 Å². The molecule has 7 heteroatoms. The molecule has 0 aliphatic carbocycles. The van der Waals surface area contributed by atoms with Gasteiger partial charge in [0.25, 0.3) is 5.91 Å². The Balaban J connectivity index is 1.55. The van der Waals surface area contributed by atoms with E-state index in [1.165, 1.54) is 6.07 Å². The number of carbonyl (C=O) groups is 1. The van der Waals surface area contributed by atoms with Gasteiger partial charge in [-0.3, -0.25) is 9.69 Å². The molecule has 1 saturated heterocycles. The van der Waals surface area contributed by atoms with Crippen molar-refractivity contribution in [1.82, 2.24) is 9.80 Å². The van der Waals surface area contributed by atoms with Gasteiger partial charge in [0.2, 0.25) is 0 Å². The third kappa shape index (κ3) is 5.86.